The number of fused-ring (bicyclic) bond motifs is 3. The molecule has 3 rings (SSSR count). The van der Waals surface area contributed by atoms with Crippen molar-refractivity contribution in [1.82, 2.24) is 0 Å². The van der Waals surface area contributed by atoms with Gasteiger partial charge in [0.05, 0.1) is 6.17 Å². The van der Waals surface area contributed by atoms with Crippen LogP contribution in [0.15, 0.2) is 54.6 Å². The molecular weight excluding hydrogens is 438 g/mol. The van der Waals surface area contributed by atoms with Crippen LogP contribution in [0.1, 0.15) is 97.3 Å². The number of halogens is 2. The van der Waals surface area contributed by atoms with Gasteiger partial charge in [0.15, 0.2) is 0 Å². The van der Waals surface area contributed by atoms with Crippen molar-refractivity contribution in [3.8, 4) is 5.75 Å². The number of hydrogen-bond acceptors (Lipinski definition) is 1. The van der Waals surface area contributed by atoms with Crippen LogP contribution in [0.4, 0.5) is 8.78 Å². The molecule has 0 saturated carbocycles. The first kappa shape index (κ1) is 27.4. The van der Waals surface area contributed by atoms with Gasteiger partial charge in [-0.25, -0.2) is 8.78 Å². The number of rotatable bonds is 17. The van der Waals surface area contributed by atoms with E-state index in [1.54, 1.807) is 0 Å². The van der Waals surface area contributed by atoms with Crippen LogP contribution in [-0.4, -0.2) is 12.5 Å². The molecule has 3 unspecified atom stereocenters. The zero-order chi connectivity index (χ0) is 24.9. The van der Waals surface area contributed by atoms with Crippen molar-refractivity contribution in [2.24, 2.45) is 5.92 Å². The maximum absolute atomic E-state index is 15.4. The molecule has 35 heavy (non-hydrogen) atoms. The van der Waals surface area contributed by atoms with Crippen molar-refractivity contribution in [3.63, 3.8) is 0 Å². The topological polar surface area (TPSA) is 9.23 Å². The Hall–Kier alpha value is -2.16. The molecule has 0 heterocycles. The second kappa shape index (κ2) is 15.1. The van der Waals surface area contributed by atoms with Crippen molar-refractivity contribution in [3.05, 3.63) is 54.6 Å². The maximum atomic E-state index is 15.4. The molecule has 0 radical (unpaired) electrons. The molecule has 0 aromatic heterocycles. The number of alkyl halides is 2. The summed E-state index contributed by atoms with van der Waals surface area (Å²) in [7, 11) is 0. The first-order valence-corrected chi connectivity index (χ1v) is 14.0. The third kappa shape index (κ3) is 8.78. The quantitative estimate of drug-likeness (QED) is 0.137. The molecule has 0 amide bonds. The highest BCUT2D eigenvalue weighted by Crippen LogP contribution is 2.31. The lowest BCUT2D eigenvalue weighted by Gasteiger charge is -2.22. The molecule has 3 aromatic carbocycles. The van der Waals surface area contributed by atoms with E-state index in [1.165, 1.54) is 36.5 Å². The molecule has 0 fully saturated rings. The van der Waals surface area contributed by atoms with Gasteiger partial charge in [-0.05, 0) is 59.4 Å². The first-order valence-electron chi connectivity index (χ1n) is 14.0. The van der Waals surface area contributed by atoms with Gasteiger partial charge in [-0.1, -0.05) is 114 Å². The Labute approximate surface area is 211 Å². The predicted molar refractivity (Wildman–Crippen MR) is 147 cm³/mol. The Kier molecular flexibility index (Phi) is 11.8. The molecule has 0 aliphatic carbocycles. The van der Waals surface area contributed by atoms with Gasteiger partial charge in [0, 0.05) is 5.92 Å². The van der Waals surface area contributed by atoms with Gasteiger partial charge in [-0.3, -0.25) is 0 Å². The van der Waals surface area contributed by atoms with Crippen molar-refractivity contribution in [1.29, 1.82) is 0 Å². The van der Waals surface area contributed by atoms with E-state index in [4.69, 9.17) is 4.74 Å². The lowest BCUT2D eigenvalue weighted by Crippen LogP contribution is -2.22. The summed E-state index contributed by atoms with van der Waals surface area (Å²) in [6.45, 7) is 4.11. The van der Waals surface area contributed by atoms with Gasteiger partial charge >= 0.3 is 0 Å². The van der Waals surface area contributed by atoms with Crippen LogP contribution < -0.4 is 4.74 Å². The summed E-state index contributed by atoms with van der Waals surface area (Å²) in [5.41, 5.74) is 0. The molecule has 0 N–H and O–H groups in total. The number of ether oxygens (including phenoxy) is 1. The highest BCUT2D eigenvalue weighted by Gasteiger charge is 2.22. The highest BCUT2D eigenvalue weighted by atomic mass is 19.1. The Morgan fingerprint density at radius 3 is 2.06 bits per heavy atom. The second-order valence-corrected chi connectivity index (χ2v) is 10.1. The number of unbranched alkanes of at least 4 members (excludes halogenated alkanes) is 7. The molecule has 3 heteroatoms. The lowest BCUT2D eigenvalue weighted by molar-refractivity contribution is 0.00328. The Morgan fingerprint density at radius 1 is 0.657 bits per heavy atom. The monoisotopic (exact) mass is 482 g/mol. The maximum Gasteiger partial charge on any atom is 0.241 e. The number of hydrogen-bond donors (Lipinski definition) is 0. The minimum Gasteiger partial charge on any atom is -0.460 e. The van der Waals surface area contributed by atoms with E-state index in [0.29, 0.717) is 18.6 Å². The van der Waals surface area contributed by atoms with Crippen LogP contribution in [0.3, 0.4) is 0 Å². The largest absolute Gasteiger partial charge is 0.460 e. The summed E-state index contributed by atoms with van der Waals surface area (Å²) in [6.07, 6.45) is 10.9. The zero-order valence-electron chi connectivity index (χ0n) is 21.8. The molecule has 0 aliphatic heterocycles. The van der Waals surface area contributed by atoms with E-state index in [2.05, 4.69) is 31.2 Å². The van der Waals surface area contributed by atoms with Crippen LogP contribution >= 0.6 is 0 Å². The van der Waals surface area contributed by atoms with Gasteiger partial charge in [0.25, 0.3) is 0 Å². The lowest BCUT2D eigenvalue weighted by atomic mass is 9.94. The van der Waals surface area contributed by atoms with Crippen molar-refractivity contribution in [2.45, 2.75) is 110 Å². The smallest absolute Gasteiger partial charge is 0.241 e. The van der Waals surface area contributed by atoms with E-state index in [0.717, 1.165) is 55.7 Å². The molecule has 0 saturated heterocycles. The van der Waals surface area contributed by atoms with Crippen LogP contribution in [0, 0.1) is 5.92 Å². The van der Waals surface area contributed by atoms with Crippen LogP contribution in [0.25, 0.3) is 21.5 Å². The Balaban J connectivity index is 1.59. The molecule has 0 bridgehead atoms. The summed E-state index contributed by atoms with van der Waals surface area (Å²) < 4.78 is 34.8. The van der Waals surface area contributed by atoms with Gasteiger partial charge in [-0.2, -0.15) is 0 Å². The van der Waals surface area contributed by atoms with Crippen molar-refractivity contribution >= 4 is 21.5 Å². The zero-order valence-corrected chi connectivity index (χ0v) is 21.8. The standard InChI is InChI=1S/C32H44F2O/c1-3-5-6-7-8-10-16-26(17-11-9-12-18-28(33)4-2)32(34)35-29-22-23-31-27(24-29)21-20-25-15-13-14-19-30(25)31/h13-15,19-24,26,28,32H,3-12,16-18H2,1-2H3. The average Bonchev–Trinajstić information content (AvgIpc) is 2.88. The fourth-order valence-corrected chi connectivity index (χ4v) is 5.04. The Morgan fingerprint density at radius 2 is 1.29 bits per heavy atom. The average molecular weight is 483 g/mol. The van der Waals surface area contributed by atoms with E-state index in [1.807, 2.05) is 37.3 Å². The minimum absolute atomic E-state index is 0.110. The van der Waals surface area contributed by atoms with Gasteiger partial charge in [-0.15, -0.1) is 0 Å². The number of benzene rings is 3. The summed E-state index contributed by atoms with van der Waals surface area (Å²) in [4.78, 5) is 0. The molecule has 3 atom stereocenters. The normalized spacial score (nSPS) is 14.3. The SMILES string of the molecule is CCCCCCCCC(CCCCCC(F)CC)C(F)Oc1ccc2c(ccc3ccccc32)c1. The summed E-state index contributed by atoms with van der Waals surface area (Å²) in [6, 6.07) is 18.4. The molecule has 0 spiro atoms. The third-order valence-electron chi connectivity index (χ3n) is 7.30. The minimum atomic E-state index is -1.31. The van der Waals surface area contributed by atoms with Crippen LogP contribution in [0.5, 0.6) is 5.75 Å². The van der Waals surface area contributed by atoms with Gasteiger partial charge in [0.2, 0.25) is 6.36 Å². The third-order valence-corrected chi connectivity index (χ3v) is 7.30. The fraction of sp³-hybridized carbons (Fsp3) is 0.562. The summed E-state index contributed by atoms with van der Waals surface area (Å²) in [5, 5.41) is 4.63. The van der Waals surface area contributed by atoms with Gasteiger partial charge in [0.1, 0.15) is 5.75 Å². The summed E-state index contributed by atoms with van der Waals surface area (Å²) >= 11 is 0. The highest BCUT2D eigenvalue weighted by molar-refractivity contribution is 6.07. The molecule has 0 aliphatic rings. The van der Waals surface area contributed by atoms with E-state index in [9.17, 15) is 4.39 Å². The van der Waals surface area contributed by atoms with Gasteiger partial charge < -0.3 is 4.74 Å². The summed E-state index contributed by atoms with van der Waals surface area (Å²) in [5.74, 6) is 0.484. The fourth-order valence-electron chi connectivity index (χ4n) is 5.04. The van der Waals surface area contributed by atoms with E-state index >= 15 is 4.39 Å². The molecular formula is C32H44F2O. The van der Waals surface area contributed by atoms with Crippen molar-refractivity contribution < 1.29 is 13.5 Å². The van der Waals surface area contributed by atoms with Crippen LogP contribution in [-0.2, 0) is 0 Å². The first-order chi connectivity index (χ1) is 17.1. The second-order valence-electron chi connectivity index (χ2n) is 10.1. The van der Waals surface area contributed by atoms with Crippen LogP contribution in [0.2, 0.25) is 0 Å². The Bertz CT molecular complexity index is 1000. The van der Waals surface area contributed by atoms with E-state index in [-0.39, 0.29) is 5.92 Å². The molecule has 1 nitrogen and oxygen atoms in total. The molecule has 192 valence electrons. The van der Waals surface area contributed by atoms with E-state index < -0.39 is 12.5 Å². The predicted octanol–water partition coefficient (Wildman–Crippen LogP) is 10.7. The molecule has 3 aromatic rings. The van der Waals surface area contributed by atoms with Crippen molar-refractivity contribution in [2.75, 3.05) is 0 Å².